The Morgan fingerprint density at radius 3 is 2.76 bits per heavy atom. The summed E-state index contributed by atoms with van der Waals surface area (Å²) >= 11 is 6.17. The quantitative estimate of drug-likeness (QED) is 0.786. The molecular formula is C18H15ClN4O2. The van der Waals surface area contributed by atoms with Crippen LogP contribution in [0.25, 0.3) is 11.0 Å². The number of carbonyl (C=O) groups excluding carboxylic acids is 2. The molecule has 2 heterocycles. The Morgan fingerprint density at radius 1 is 1.16 bits per heavy atom. The van der Waals surface area contributed by atoms with Crippen molar-refractivity contribution < 1.29 is 9.59 Å². The fraction of sp³-hybridized carbons (Fsp3) is 0.167. The van der Waals surface area contributed by atoms with Crippen LogP contribution in [0.3, 0.4) is 0 Å². The molecule has 1 aliphatic heterocycles. The van der Waals surface area contributed by atoms with Crippen molar-refractivity contribution in [1.29, 1.82) is 0 Å². The maximum atomic E-state index is 12.6. The van der Waals surface area contributed by atoms with Gasteiger partial charge in [-0.3, -0.25) is 15.0 Å². The van der Waals surface area contributed by atoms with Crippen LogP contribution in [0.1, 0.15) is 6.42 Å². The van der Waals surface area contributed by atoms with Gasteiger partial charge in [-0.2, -0.15) is 0 Å². The number of carbonyl (C=O) groups is 2. The Labute approximate surface area is 149 Å². The number of rotatable bonds is 3. The zero-order valence-electron chi connectivity index (χ0n) is 13.2. The molecule has 7 heteroatoms. The van der Waals surface area contributed by atoms with Crippen LogP contribution < -0.4 is 10.3 Å². The van der Waals surface area contributed by atoms with E-state index in [1.807, 2.05) is 30.3 Å². The van der Waals surface area contributed by atoms with Gasteiger partial charge in [0.05, 0.1) is 27.7 Å². The minimum Gasteiger partial charge on any atom is -0.310 e. The van der Waals surface area contributed by atoms with Gasteiger partial charge in [-0.05, 0) is 24.3 Å². The highest BCUT2D eigenvalue weighted by Crippen LogP contribution is 2.31. The van der Waals surface area contributed by atoms with Crippen LogP contribution in [-0.2, 0) is 9.59 Å². The normalized spacial score (nSPS) is 17.2. The van der Waals surface area contributed by atoms with E-state index in [4.69, 9.17) is 11.6 Å². The first-order valence-electron chi connectivity index (χ1n) is 7.91. The summed E-state index contributed by atoms with van der Waals surface area (Å²) in [5, 5.41) is 0.498. The number of imidazole rings is 1. The minimum atomic E-state index is -0.440. The molecule has 1 aromatic heterocycles. The molecule has 0 spiro atoms. The third kappa shape index (κ3) is 2.85. The number of halogens is 1. The zero-order chi connectivity index (χ0) is 17.4. The van der Waals surface area contributed by atoms with E-state index in [0.29, 0.717) is 17.3 Å². The zero-order valence-corrected chi connectivity index (χ0v) is 14.0. The molecule has 0 bridgehead atoms. The fourth-order valence-corrected chi connectivity index (χ4v) is 3.28. The number of aromatic nitrogens is 2. The van der Waals surface area contributed by atoms with Crippen LogP contribution in [0.4, 0.5) is 5.69 Å². The summed E-state index contributed by atoms with van der Waals surface area (Å²) in [5.74, 6) is -0.764. The lowest BCUT2D eigenvalue weighted by Crippen LogP contribution is -2.31. The molecule has 1 fully saturated rings. The monoisotopic (exact) mass is 354 g/mol. The number of anilines is 1. The second-order valence-corrected chi connectivity index (χ2v) is 6.34. The third-order valence-corrected chi connectivity index (χ3v) is 4.64. The molecule has 0 saturated carbocycles. The number of nitrogens with one attached hydrogen (secondary N) is 1. The van der Waals surface area contributed by atoms with Crippen LogP contribution in [-0.4, -0.2) is 28.0 Å². The van der Waals surface area contributed by atoms with Crippen molar-refractivity contribution in [3.63, 3.8) is 0 Å². The van der Waals surface area contributed by atoms with E-state index in [0.717, 1.165) is 11.0 Å². The summed E-state index contributed by atoms with van der Waals surface area (Å²) in [7, 11) is 0. The smallest absolute Gasteiger partial charge is 0.244 e. The van der Waals surface area contributed by atoms with E-state index in [2.05, 4.69) is 10.4 Å². The van der Waals surface area contributed by atoms with Crippen molar-refractivity contribution in [2.75, 3.05) is 16.9 Å². The molecule has 126 valence electrons. The Hall–Kier alpha value is -2.86. The first kappa shape index (κ1) is 15.7. The van der Waals surface area contributed by atoms with Crippen molar-refractivity contribution in [2.45, 2.75) is 6.42 Å². The average molecular weight is 355 g/mol. The molecule has 3 aromatic rings. The van der Waals surface area contributed by atoms with Crippen molar-refractivity contribution in [3.8, 4) is 0 Å². The first-order valence-corrected chi connectivity index (χ1v) is 8.29. The number of hydrogen-bond acceptors (Lipinski definition) is 3. The van der Waals surface area contributed by atoms with Gasteiger partial charge in [0.2, 0.25) is 11.8 Å². The van der Waals surface area contributed by atoms with Gasteiger partial charge in [0.25, 0.3) is 0 Å². The van der Waals surface area contributed by atoms with E-state index < -0.39 is 5.92 Å². The van der Waals surface area contributed by atoms with Crippen LogP contribution in [0.15, 0.2) is 54.9 Å². The lowest BCUT2D eigenvalue weighted by Gasteiger charge is -2.18. The van der Waals surface area contributed by atoms with Crippen LogP contribution >= 0.6 is 11.6 Å². The maximum Gasteiger partial charge on any atom is 0.244 e. The molecule has 2 amide bonds. The SMILES string of the molecule is O=C(Nn1cnc2ccccc21)C1CC(=O)N(c2ccccc2Cl)C1. The molecule has 1 unspecified atom stereocenters. The van der Waals surface area contributed by atoms with E-state index in [1.165, 1.54) is 0 Å². The highest BCUT2D eigenvalue weighted by Gasteiger charge is 2.36. The fourth-order valence-electron chi connectivity index (χ4n) is 3.04. The van der Waals surface area contributed by atoms with Gasteiger partial charge in [0, 0.05) is 13.0 Å². The lowest BCUT2D eigenvalue weighted by molar-refractivity contribution is -0.123. The summed E-state index contributed by atoms with van der Waals surface area (Å²) in [6, 6.07) is 14.7. The second kappa shape index (κ2) is 6.22. The van der Waals surface area contributed by atoms with Crippen LogP contribution in [0.5, 0.6) is 0 Å². The topological polar surface area (TPSA) is 67.2 Å². The van der Waals surface area contributed by atoms with Crippen molar-refractivity contribution >= 4 is 40.1 Å². The molecule has 6 nitrogen and oxygen atoms in total. The number of para-hydroxylation sites is 3. The van der Waals surface area contributed by atoms with Gasteiger partial charge >= 0.3 is 0 Å². The summed E-state index contributed by atoms with van der Waals surface area (Å²) in [5.41, 5.74) is 5.06. The molecule has 4 rings (SSSR count). The second-order valence-electron chi connectivity index (χ2n) is 5.94. The molecule has 0 radical (unpaired) electrons. The van der Waals surface area contributed by atoms with Gasteiger partial charge in [0.1, 0.15) is 6.33 Å². The number of benzene rings is 2. The summed E-state index contributed by atoms with van der Waals surface area (Å²) in [4.78, 5) is 30.7. The number of nitrogens with zero attached hydrogens (tertiary/aromatic N) is 3. The molecule has 2 aromatic carbocycles. The van der Waals surface area contributed by atoms with E-state index in [-0.39, 0.29) is 18.2 Å². The predicted molar refractivity (Wildman–Crippen MR) is 96.0 cm³/mol. The van der Waals surface area contributed by atoms with Crippen LogP contribution in [0.2, 0.25) is 5.02 Å². The Balaban J connectivity index is 1.52. The molecule has 1 saturated heterocycles. The molecule has 0 aliphatic carbocycles. The van der Waals surface area contributed by atoms with Gasteiger partial charge in [-0.15, -0.1) is 0 Å². The Morgan fingerprint density at radius 2 is 1.92 bits per heavy atom. The van der Waals surface area contributed by atoms with Gasteiger partial charge in [0.15, 0.2) is 0 Å². The molecule has 1 atom stereocenters. The number of hydrogen-bond donors (Lipinski definition) is 1. The van der Waals surface area contributed by atoms with Crippen molar-refractivity contribution in [3.05, 3.63) is 59.9 Å². The van der Waals surface area contributed by atoms with Gasteiger partial charge in [-0.25, -0.2) is 9.66 Å². The predicted octanol–water partition coefficient (Wildman–Crippen LogP) is 2.81. The van der Waals surface area contributed by atoms with Crippen molar-refractivity contribution in [2.24, 2.45) is 5.92 Å². The molecule has 25 heavy (non-hydrogen) atoms. The highest BCUT2D eigenvalue weighted by molar-refractivity contribution is 6.33. The van der Waals surface area contributed by atoms with Gasteiger partial charge in [-0.1, -0.05) is 35.9 Å². The average Bonchev–Trinajstić information content (AvgIpc) is 3.20. The summed E-state index contributed by atoms with van der Waals surface area (Å²) in [6.07, 6.45) is 1.72. The van der Waals surface area contributed by atoms with E-state index in [1.54, 1.807) is 34.1 Å². The van der Waals surface area contributed by atoms with Crippen LogP contribution in [0, 0.1) is 5.92 Å². The van der Waals surface area contributed by atoms with Crippen molar-refractivity contribution in [1.82, 2.24) is 9.66 Å². The largest absolute Gasteiger partial charge is 0.310 e. The van der Waals surface area contributed by atoms with E-state index in [9.17, 15) is 9.59 Å². The molecule has 1 N–H and O–H groups in total. The standard InChI is InChI=1S/C18H15ClN4O2/c19-13-5-1-3-7-15(13)22-10-12(9-17(22)24)18(25)21-23-11-20-14-6-2-4-8-16(14)23/h1-8,11-12H,9-10H2,(H,21,25). The minimum absolute atomic E-state index is 0.108. The maximum absolute atomic E-state index is 12.6. The van der Waals surface area contributed by atoms with E-state index >= 15 is 0 Å². The van der Waals surface area contributed by atoms with Gasteiger partial charge < -0.3 is 4.90 Å². The first-order chi connectivity index (χ1) is 12.1. The Kier molecular flexibility index (Phi) is 3.89. The third-order valence-electron chi connectivity index (χ3n) is 4.32. The molecule has 1 aliphatic rings. The number of fused-ring (bicyclic) bond motifs is 1. The lowest BCUT2D eigenvalue weighted by atomic mass is 10.1. The number of amides is 2. The summed E-state index contributed by atoms with van der Waals surface area (Å²) in [6.45, 7) is 0.307. The highest BCUT2D eigenvalue weighted by atomic mass is 35.5. The molecular weight excluding hydrogens is 340 g/mol. The summed E-state index contributed by atoms with van der Waals surface area (Å²) < 4.78 is 1.58. The Bertz CT molecular complexity index is 968.